The zero-order valence-electron chi connectivity index (χ0n) is 6.84. The van der Waals surface area contributed by atoms with Crippen molar-refractivity contribution in [3.05, 3.63) is 0 Å². The molecule has 3 nitrogen and oxygen atoms in total. The van der Waals surface area contributed by atoms with Crippen LogP contribution in [0, 0.1) is 0 Å². The van der Waals surface area contributed by atoms with E-state index in [1.54, 1.807) is 0 Å². The Morgan fingerprint density at radius 3 is 2.45 bits per heavy atom. The minimum Gasteiger partial charge on any atom is -0.314 e. The number of nitrogens with zero attached hydrogens (tertiary/aromatic N) is 1. The summed E-state index contributed by atoms with van der Waals surface area (Å²) in [5.41, 5.74) is 0.402. The van der Waals surface area contributed by atoms with Gasteiger partial charge in [0.15, 0.2) is 0 Å². The first-order chi connectivity index (χ1) is 5.31. The summed E-state index contributed by atoms with van der Waals surface area (Å²) in [5.74, 6) is 0. The molecule has 0 aromatic carbocycles. The maximum Gasteiger partial charge on any atom is 0.0255 e. The van der Waals surface area contributed by atoms with E-state index >= 15 is 0 Å². The van der Waals surface area contributed by atoms with Gasteiger partial charge < -0.3 is 10.5 Å². The molecule has 2 aliphatic rings. The smallest absolute Gasteiger partial charge is 0.0255 e. The van der Waals surface area contributed by atoms with Gasteiger partial charge in [-0.1, -0.05) is 0 Å². The Kier molecular flexibility index (Phi) is 1.87. The average Bonchev–Trinajstić information content (AvgIpc) is 2.45. The van der Waals surface area contributed by atoms with Crippen LogP contribution in [0.4, 0.5) is 0 Å². The minimum atomic E-state index is 0.402. The summed E-state index contributed by atoms with van der Waals surface area (Å²) in [6.07, 6.45) is 4.85. The van der Waals surface area contributed by atoms with E-state index in [4.69, 9.17) is 5.21 Å². The maximum absolute atomic E-state index is 9.16. The van der Waals surface area contributed by atoms with Gasteiger partial charge in [-0.15, -0.1) is 0 Å². The topological polar surface area (TPSA) is 35.5 Å². The fraction of sp³-hybridized carbons (Fsp3) is 1.00. The lowest BCUT2D eigenvalue weighted by Crippen LogP contribution is -2.49. The second kappa shape index (κ2) is 2.73. The normalized spacial score (nSPS) is 31.4. The fourth-order valence-electron chi connectivity index (χ4n) is 2.22. The van der Waals surface area contributed by atoms with Crippen molar-refractivity contribution in [1.82, 2.24) is 10.4 Å². The molecular weight excluding hydrogens is 140 g/mol. The van der Waals surface area contributed by atoms with E-state index in [2.05, 4.69) is 5.32 Å². The zero-order valence-corrected chi connectivity index (χ0v) is 6.84. The molecule has 64 valence electrons. The predicted molar refractivity (Wildman–Crippen MR) is 42.6 cm³/mol. The Morgan fingerprint density at radius 1 is 1.18 bits per heavy atom. The molecule has 0 aliphatic carbocycles. The second-order valence-electron chi connectivity index (χ2n) is 3.76. The van der Waals surface area contributed by atoms with Crippen molar-refractivity contribution in [1.29, 1.82) is 0 Å². The zero-order chi connectivity index (χ0) is 7.73. The van der Waals surface area contributed by atoms with E-state index in [0.29, 0.717) is 5.54 Å². The van der Waals surface area contributed by atoms with Crippen LogP contribution in [0.15, 0.2) is 0 Å². The number of piperidine rings is 1. The quantitative estimate of drug-likeness (QED) is 0.539. The lowest BCUT2D eigenvalue weighted by molar-refractivity contribution is -0.116. The highest BCUT2D eigenvalue weighted by atomic mass is 16.5. The summed E-state index contributed by atoms with van der Waals surface area (Å²) >= 11 is 0. The summed E-state index contributed by atoms with van der Waals surface area (Å²) in [4.78, 5) is 0. The van der Waals surface area contributed by atoms with Crippen molar-refractivity contribution in [2.75, 3.05) is 19.6 Å². The van der Waals surface area contributed by atoms with Crippen LogP contribution >= 0.6 is 0 Å². The van der Waals surface area contributed by atoms with Crippen molar-refractivity contribution in [2.24, 2.45) is 0 Å². The Bertz CT molecular complexity index is 133. The van der Waals surface area contributed by atoms with Gasteiger partial charge in [0.1, 0.15) is 0 Å². The first-order valence-corrected chi connectivity index (χ1v) is 4.50. The van der Waals surface area contributed by atoms with Crippen molar-refractivity contribution in [2.45, 2.75) is 31.2 Å². The van der Waals surface area contributed by atoms with Gasteiger partial charge in [0.2, 0.25) is 0 Å². The third-order valence-corrected chi connectivity index (χ3v) is 3.03. The van der Waals surface area contributed by atoms with E-state index in [-0.39, 0.29) is 0 Å². The van der Waals surface area contributed by atoms with Crippen molar-refractivity contribution in [3.63, 3.8) is 0 Å². The molecule has 2 N–H and O–H groups in total. The molecule has 0 radical (unpaired) electrons. The first kappa shape index (κ1) is 7.53. The molecule has 0 aromatic rings. The molecule has 0 saturated carbocycles. The van der Waals surface area contributed by atoms with E-state index in [1.807, 2.05) is 0 Å². The minimum absolute atomic E-state index is 0.402. The van der Waals surface area contributed by atoms with E-state index in [1.165, 1.54) is 24.4 Å². The van der Waals surface area contributed by atoms with Crippen LogP contribution in [0.1, 0.15) is 25.7 Å². The first-order valence-electron chi connectivity index (χ1n) is 4.50. The van der Waals surface area contributed by atoms with Gasteiger partial charge in [0, 0.05) is 18.6 Å². The summed E-state index contributed by atoms with van der Waals surface area (Å²) in [7, 11) is 0. The fourth-order valence-corrected chi connectivity index (χ4v) is 2.22. The molecule has 0 unspecified atom stereocenters. The number of hydroxylamine groups is 2. The molecule has 2 saturated heterocycles. The summed E-state index contributed by atoms with van der Waals surface area (Å²) in [6, 6.07) is 0. The number of hydrogen-bond acceptors (Lipinski definition) is 3. The molecule has 2 fully saturated rings. The van der Waals surface area contributed by atoms with Crippen LogP contribution in [-0.2, 0) is 0 Å². The number of rotatable bonds is 0. The Hall–Kier alpha value is -0.120. The van der Waals surface area contributed by atoms with Crippen LogP contribution < -0.4 is 5.32 Å². The number of hydrogen-bond donors (Lipinski definition) is 2. The molecule has 0 bridgehead atoms. The van der Waals surface area contributed by atoms with Crippen LogP contribution in [0.3, 0.4) is 0 Å². The van der Waals surface area contributed by atoms with E-state index < -0.39 is 0 Å². The standard InChI is InChI=1S/C8H16N2O/c11-10-6-3-8(4-7-10)2-1-5-9-8/h9,11H,1-7H2. The summed E-state index contributed by atoms with van der Waals surface area (Å²) in [6.45, 7) is 2.85. The SMILES string of the molecule is ON1CCC2(CCCN2)CC1. The van der Waals surface area contributed by atoms with Crippen LogP contribution in [0.5, 0.6) is 0 Å². The Labute approximate surface area is 67.3 Å². The lowest BCUT2D eigenvalue weighted by atomic mass is 9.87. The lowest BCUT2D eigenvalue weighted by Gasteiger charge is -2.36. The summed E-state index contributed by atoms with van der Waals surface area (Å²) < 4.78 is 0. The molecule has 1 spiro atoms. The largest absolute Gasteiger partial charge is 0.314 e. The van der Waals surface area contributed by atoms with E-state index in [0.717, 1.165) is 25.9 Å². The molecule has 11 heavy (non-hydrogen) atoms. The van der Waals surface area contributed by atoms with Gasteiger partial charge in [-0.25, -0.2) is 0 Å². The van der Waals surface area contributed by atoms with Gasteiger partial charge in [0.25, 0.3) is 0 Å². The van der Waals surface area contributed by atoms with Crippen LogP contribution in [0.25, 0.3) is 0 Å². The molecule has 2 aliphatic heterocycles. The third kappa shape index (κ3) is 1.41. The van der Waals surface area contributed by atoms with Crippen molar-refractivity contribution >= 4 is 0 Å². The van der Waals surface area contributed by atoms with Gasteiger partial charge in [0.05, 0.1) is 0 Å². The highest BCUT2D eigenvalue weighted by Gasteiger charge is 2.36. The van der Waals surface area contributed by atoms with Crippen molar-refractivity contribution < 1.29 is 5.21 Å². The van der Waals surface area contributed by atoms with Gasteiger partial charge in [-0.2, -0.15) is 5.06 Å². The average molecular weight is 156 g/mol. The van der Waals surface area contributed by atoms with Gasteiger partial charge in [-0.05, 0) is 32.2 Å². The second-order valence-corrected chi connectivity index (χ2v) is 3.76. The highest BCUT2D eigenvalue weighted by molar-refractivity contribution is 4.95. The van der Waals surface area contributed by atoms with Crippen LogP contribution in [-0.4, -0.2) is 35.4 Å². The molecule has 0 aromatic heterocycles. The van der Waals surface area contributed by atoms with Crippen LogP contribution in [0.2, 0.25) is 0 Å². The molecule has 0 atom stereocenters. The molecular formula is C8H16N2O. The van der Waals surface area contributed by atoms with E-state index in [9.17, 15) is 0 Å². The van der Waals surface area contributed by atoms with Gasteiger partial charge in [-0.3, -0.25) is 0 Å². The molecule has 0 amide bonds. The molecule has 2 heterocycles. The monoisotopic (exact) mass is 156 g/mol. The Balaban J connectivity index is 1.94. The number of nitrogens with one attached hydrogen (secondary N) is 1. The van der Waals surface area contributed by atoms with Crippen molar-refractivity contribution in [3.8, 4) is 0 Å². The van der Waals surface area contributed by atoms with Gasteiger partial charge >= 0.3 is 0 Å². The summed E-state index contributed by atoms with van der Waals surface area (Å²) in [5, 5.41) is 14.1. The highest BCUT2D eigenvalue weighted by Crippen LogP contribution is 2.29. The maximum atomic E-state index is 9.16. The molecule has 2 rings (SSSR count). The predicted octanol–water partition coefficient (Wildman–Crippen LogP) is 0.594. The third-order valence-electron chi connectivity index (χ3n) is 3.03. The Morgan fingerprint density at radius 2 is 1.91 bits per heavy atom. The molecule has 3 heteroatoms.